The number of hydrogen-bond acceptors (Lipinski definition) is 4. The van der Waals surface area contributed by atoms with Gasteiger partial charge in [-0.15, -0.1) is 0 Å². The maximum atomic E-state index is 13.0. The molecule has 3 rings (SSSR count). The van der Waals surface area contributed by atoms with E-state index in [2.05, 4.69) is 0 Å². The topological polar surface area (TPSA) is 77.3 Å². The summed E-state index contributed by atoms with van der Waals surface area (Å²) in [6.07, 6.45) is 0. The van der Waals surface area contributed by atoms with E-state index in [1.54, 1.807) is 4.57 Å². The first-order valence-electron chi connectivity index (χ1n) is 7.91. The largest absolute Gasteiger partial charge is 0.398 e. The van der Waals surface area contributed by atoms with Gasteiger partial charge >= 0.3 is 0 Å². The van der Waals surface area contributed by atoms with Crippen LogP contribution < -0.4 is 17.0 Å². The molecule has 0 aliphatic heterocycles. The van der Waals surface area contributed by atoms with Gasteiger partial charge in [-0.3, -0.25) is 4.79 Å². The van der Waals surface area contributed by atoms with E-state index < -0.39 is 0 Å². The average molecular weight is 322 g/mol. The highest BCUT2D eigenvalue weighted by Gasteiger charge is 2.17. The number of nitrogens with zero attached hydrogens (tertiary/aromatic N) is 2. The molecule has 0 radical (unpaired) electrons. The van der Waals surface area contributed by atoms with E-state index in [-0.39, 0.29) is 5.56 Å². The van der Waals surface area contributed by atoms with Crippen molar-refractivity contribution in [2.45, 2.75) is 6.54 Å². The zero-order valence-corrected chi connectivity index (χ0v) is 14.0. The normalized spacial score (nSPS) is 11.3. The van der Waals surface area contributed by atoms with Crippen LogP contribution in [0, 0.1) is 0 Å². The summed E-state index contributed by atoms with van der Waals surface area (Å²) < 4.78 is 1.74. The van der Waals surface area contributed by atoms with Crippen molar-refractivity contribution in [3.63, 3.8) is 0 Å². The van der Waals surface area contributed by atoms with Crippen LogP contribution in [0.5, 0.6) is 0 Å². The van der Waals surface area contributed by atoms with E-state index in [0.29, 0.717) is 29.0 Å². The Bertz CT molecular complexity index is 944. The molecule has 4 N–H and O–H groups in total. The maximum Gasteiger partial charge on any atom is 0.259 e. The van der Waals surface area contributed by atoms with Crippen molar-refractivity contribution < 1.29 is 0 Å². The molecular weight excluding hydrogens is 300 g/mol. The fourth-order valence-electron chi connectivity index (χ4n) is 2.94. The number of likely N-dealkylation sites (N-methyl/N-ethyl adjacent to an activating group) is 1. The smallest absolute Gasteiger partial charge is 0.259 e. The summed E-state index contributed by atoms with van der Waals surface area (Å²) in [5, 5.41) is 1.40. The summed E-state index contributed by atoms with van der Waals surface area (Å²) in [5.41, 5.74) is 15.3. The minimum Gasteiger partial charge on any atom is -0.398 e. The fourth-order valence-corrected chi connectivity index (χ4v) is 2.94. The third kappa shape index (κ3) is 2.74. The number of fused-ring (bicyclic) bond motifs is 1. The van der Waals surface area contributed by atoms with Crippen molar-refractivity contribution in [3.8, 4) is 11.3 Å². The molecule has 0 bridgehead atoms. The van der Waals surface area contributed by atoms with Crippen molar-refractivity contribution in [2.24, 2.45) is 0 Å². The third-order valence-corrected chi connectivity index (χ3v) is 4.20. The van der Waals surface area contributed by atoms with Crippen molar-refractivity contribution in [2.75, 3.05) is 32.1 Å². The number of nitrogen functional groups attached to an aromatic ring is 2. The minimum absolute atomic E-state index is 0.0418. The second-order valence-corrected chi connectivity index (χ2v) is 6.16. The maximum absolute atomic E-state index is 13.0. The average Bonchev–Trinajstić information content (AvgIpc) is 2.57. The van der Waals surface area contributed by atoms with Gasteiger partial charge in [0.2, 0.25) is 0 Å². The van der Waals surface area contributed by atoms with Crippen LogP contribution >= 0.6 is 0 Å². The van der Waals surface area contributed by atoms with Gasteiger partial charge in [0.05, 0.1) is 11.4 Å². The number of nitrogens with two attached hydrogens (primary N) is 2. The van der Waals surface area contributed by atoms with Gasteiger partial charge in [-0.05, 0) is 26.2 Å². The summed E-state index contributed by atoms with van der Waals surface area (Å²) in [6, 6.07) is 14.9. The molecule has 0 aliphatic carbocycles. The number of rotatable bonds is 4. The van der Waals surface area contributed by atoms with E-state index in [4.69, 9.17) is 11.5 Å². The van der Waals surface area contributed by atoms with Crippen LogP contribution in [0.2, 0.25) is 0 Å². The lowest BCUT2D eigenvalue weighted by Gasteiger charge is -2.20. The molecule has 0 amide bonds. The predicted octanol–water partition coefficient (Wildman–Crippen LogP) is 2.39. The number of benzene rings is 2. The number of anilines is 2. The van der Waals surface area contributed by atoms with Crippen LogP contribution in [-0.4, -0.2) is 30.1 Å². The number of aromatic nitrogens is 1. The summed E-state index contributed by atoms with van der Waals surface area (Å²) in [4.78, 5) is 15.1. The summed E-state index contributed by atoms with van der Waals surface area (Å²) in [5.74, 6) is 0. The number of hydrogen-bond donors (Lipinski definition) is 2. The van der Waals surface area contributed by atoms with Gasteiger partial charge in [0.25, 0.3) is 5.56 Å². The Hall–Kier alpha value is -2.79. The lowest BCUT2D eigenvalue weighted by atomic mass is 10.0. The van der Waals surface area contributed by atoms with E-state index in [0.717, 1.165) is 17.5 Å². The Morgan fingerprint density at radius 2 is 1.58 bits per heavy atom. The third-order valence-electron chi connectivity index (χ3n) is 4.20. The highest BCUT2D eigenvalue weighted by molar-refractivity contribution is 6.00. The first-order valence-corrected chi connectivity index (χ1v) is 7.91. The van der Waals surface area contributed by atoms with Gasteiger partial charge in [0, 0.05) is 35.1 Å². The molecule has 5 nitrogen and oxygen atoms in total. The van der Waals surface area contributed by atoms with Crippen molar-refractivity contribution in [1.29, 1.82) is 0 Å². The molecule has 5 heteroatoms. The highest BCUT2D eigenvalue weighted by atomic mass is 16.1. The Morgan fingerprint density at radius 1 is 0.958 bits per heavy atom. The van der Waals surface area contributed by atoms with Crippen molar-refractivity contribution in [3.05, 3.63) is 58.9 Å². The Labute approximate surface area is 141 Å². The van der Waals surface area contributed by atoms with E-state index in [1.165, 1.54) is 0 Å². The van der Waals surface area contributed by atoms with Crippen LogP contribution in [-0.2, 0) is 6.54 Å². The van der Waals surface area contributed by atoms with Gasteiger partial charge in [0.1, 0.15) is 0 Å². The molecule has 3 aromatic rings. The molecule has 1 heterocycles. The van der Waals surface area contributed by atoms with Gasteiger partial charge in [0.15, 0.2) is 0 Å². The molecule has 0 unspecified atom stereocenters. The van der Waals surface area contributed by atoms with E-state index in [9.17, 15) is 4.79 Å². The molecule has 0 saturated carbocycles. The van der Waals surface area contributed by atoms with Gasteiger partial charge in [-0.25, -0.2) is 0 Å². The van der Waals surface area contributed by atoms with Crippen LogP contribution in [0.25, 0.3) is 22.0 Å². The van der Waals surface area contributed by atoms with Gasteiger partial charge in [-0.2, -0.15) is 0 Å². The van der Waals surface area contributed by atoms with Crippen LogP contribution in [0.1, 0.15) is 0 Å². The zero-order chi connectivity index (χ0) is 17.3. The monoisotopic (exact) mass is 322 g/mol. The lowest BCUT2D eigenvalue weighted by Crippen LogP contribution is -2.29. The summed E-state index contributed by atoms with van der Waals surface area (Å²) in [7, 11) is 3.96. The molecule has 0 spiro atoms. The predicted molar refractivity (Wildman–Crippen MR) is 101 cm³/mol. The molecule has 0 saturated heterocycles. The highest BCUT2D eigenvalue weighted by Crippen LogP contribution is 2.33. The summed E-state index contributed by atoms with van der Waals surface area (Å²) >= 11 is 0. The van der Waals surface area contributed by atoms with Crippen LogP contribution in [0.4, 0.5) is 11.4 Å². The SMILES string of the molecule is CN(C)CCn1c(-c2ccccc2N)c(N)c2ccccc2c1=O. The molecular formula is C19H22N4O. The molecule has 24 heavy (non-hydrogen) atoms. The molecule has 2 aromatic carbocycles. The second kappa shape index (κ2) is 6.37. The number of pyridine rings is 1. The van der Waals surface area contributed by atoms with Crippen molar-refractivity contribution >= 4 is 22.1 Å². The molecule has 0 atom stereocenters. The molecule has 124 valence electrons. The van der Waals surface area contributed by atoms with E-state index >= 15 is 0 Å². The molecule has 1 aromatic heterocycles. The Balaban J connectivity index is 2.37. The quantitative estimate of drug-likeness (QED) is 0.723. The second-order valence-electron chi connectivity index (χ2n) is 6.16. The first-order chi connectivity index (χ1) is 11.5. The minimum atomic E-state index is -0.0418. The van der Waals surface area contributed by atoms with Gasteiger partial charge in [-0.1, -0.05) is 36.4 Å². The fraction of sp³-hybridized carbons (Fsp3) is 0.211. The van der Waals surface area contributed by atoms with Gasteiger partial charge < -0.3 is 20.9 Å². The van der Waals surface area contributed by atoms with Crippen molar-refractivity contribution in [1.82, 2.24) is 9.47 Å². The Morgan fingerprint density at radius 3 is 2.25 bits per heavy atom. The van der Waals surface area contributed by atoms with Crippen LogP contribution in [0.15, 0.2) is 53.3 Å². The lowest BCUT2D eigenvalue weighted by molar-refractivity contribution is 0.382. The standard InChI is InChI=1S/C19H22N4O/c1-22(2)11-12-23-18(15-9-5-6-10-16(15)20)17(21)13-7-3-4-8-14(13)19(23)24/h3-10H,11-12,20-21H2,1-2H3. The zero-order valence-electron chi connectivity index (χ0n) is 14.0. The molecule has 0 aliphatic rings. The Kier molecular flexibility index (Phi) is 4.27. The molecule has 0 fully saturated rings. The van der Waals surface area contributed by atoms with Crippen LogP contribution in [0.3, 0.4) is 0 Å². The first kappa shape index (κ1) is 16.1. The summed E-state index contributed by atoms with van der Waals surface area (Å²) in [6.45, 7) is 1.28. The van der Waals surface area contributed by atoms with E-state index in [1.807, 2.05) is 67.5 Å². The number of para-hydroxylation sites is 1.